The van der Waals surface area contributed by atoms with Crippen LogP contribution in [0, 0.1) is 5.92 Å². The number of nitrogens with zero attached hydrogens (tertiary/aromatic N) is 3. The van der Waals surface area contributed by atoms with E-state index in [0.717, 1.165) is 54.8 Å². The van der Waals surface area contributed by atoms with E-state index < -0.39 is 6.09 Å². The topological polar surface area (TPSA) is 87.6 Å². The molecule has 3 rings (SSSR count). The van der Waals surface area contributed by atoms with E-state index in [1.807, 2.05) is 12.1 Å². The molecule has 0 atom stereocenters. The highest BCUT2D eigenvalue weighted by Crippen LogP contribution is 2.31. The van der Waals surface area contributed by atoms with Gasteiger partial charge in [0.25, 0.3) is 0 Å². The fraction of sp³-hybridized carbons (Fsp3) is 0.471. The third-order valence-electron chi connectivity index (χ3n) is 4.57. The zero-order valence-corrected chi connectivity index (χ0v) is 13.7. The molecule has 1 amide bonds. The van der Waals surface area contributed by atoms with Crippen molar-refractivity contribution < 1.29 is 14.6 Å². The van der Waals surface area contributed by atoms with Crippen LogP contribution in [0.1, 0.15) is 19.3 Å². The van der Waals surface area contributed by atoms with Crippen LogP contribution in [-0.4, -0.2) is 47.9 Å². The molecule has 0 bridgehead atoms. The van der Waals surface area contributed by atoms with Gasteiger partial charge in [0.15, 0.2) is 5.65 Å². The summed E-state index contributed by atoms with van der Waals surface area (Å²) in [7, 11) is 1.63. The lowest BCUT2D eigenvalue weighted by atomic mass is 9.93. The standard InChI is InChI=1S/C17H22N4O3/c1-24-13-10-14-15(3-7-18-16(14)20-11-13)21-8-4-12(5-9-21)2-6-19-17(22)23/h3,7,10-12,19H,2,4-6,8-9H2,1H3,(H,22,23). The number of ether oxygens (including phenoxy) is 1. The van der Waals surface area contributed by atoms with Crippen molar-refractivity contribution in [1.29, 1.82) is 0 Å². The van der Waals surface area contributed by atoms with E-state index in [0.29, 0.717) is 12.5 Å². The number of rotatable bonds is 5. The maximum Gasteiger partial charge on any atom is 0.404 e. The van der Waals surface area contributed by atoms with E-state index in [9.17, 15) is 4.79 Å². The summed E-state index contributed by atoms with van der Waals surface area (Å²) in [6.45, 7) is 2.43. The first-order valence-corrected chi connectivity index (χ1v) is 8.18. The first-order valence-electron chi connectivity index (χ1n) is 8.18. The number of anilines is 1. The number of hydrogen-bond donors (Lipinski definition) is 2. The van der Waals surface area contributed by atoms with Gasteiger partial charge in [0.2, 0.25) is 0 Å². The molecule has 0 aromatic carbocycles. The maximum atomic E-state index is 10.5. The van der Waals surface area contributed by atoms with Crippen molar-refractivity contribution in [2.45, 2.75) is 19.3 Å². The van der Waals surface area contributed by atoms with Crippen LogP contribution in [0.25, 0.3) is 11.0 Å². The van der Waals surface area contributed by atoms with E-state index >= 15 is 0 Å². The van der Waals surface area contributed by atoms with Crippen LogP contribution in [0.15, 0.2) is 24.5 Å². The normalized spacial score (nSPS) is 15.5. The maximum absolute atomic E-state index is 10.5. The molecule has 0 radical (unpaired) electrons. The fourth-order valence-corrected chi connectivity index (χ4v) is 3.23. The first-order chi connectivity index (χ1) is 11.7. The molecule has 1 aliphatic heterocycles. The number of methoxy groups -OCH3 is 1. The summed E-state index contributed by atoms with van der Waals surface area (Å²) in [4.78, 5) is 21.5. The number of pyridine rings is 2. The molecule has 1 saturated heterocycles. The molecular weight excluding hydrogens is 308 g/mol. The smallest absolute Gasteiger partial charge is 0.404 e. The van der Waals surface area contributed by atoms with Crippen molar-refractivity contribution in [3.8, 4) is 5.75 Å². The Morgan fingerprint density at radius 2 is 2.21 bits per heavy atom. The van der Waals surface area contributed by atoms with Gasteiger partial charge in [-0.15, -0.1) is 0 Å². The van der Waals surface area contributed by atoms with Crippen molar-refractivity contribution in [3.05, 3.63) is 24.5 Å². The molecule has 7 nitrogen and oxygen atoms in total. The monoisotopic (exact) mass is 330 g/mol. The number of carbonyl (C=O) groups is 1. The van der Waals surface area contributed by atoms with E-state index in [1.54, 1.807) is 19.5 Å². The second-order valence-electron chi connectivity index (χ2n) is 6.03. The molecule has 1 aliphatic rings. The summed E-state index contributed by atoms with van der Waals surface area (Å²) in [6, 6.07) is 4.00. The number of carboxylic acid groups (broad SMARTS) is 1. The van der Waals surface area contributed by atoms with Gasteiger partial charge in [0.1, 0.15) is 5.75 Å². The lowest BCUT2D eigenvalue weighted by Crippen LogP contribution is -2.35. The van der Waals surface area contributed by atoms with Gasteiger partial charge in [-0.2, -0.15) is 0 Å². The molecule has 0 saturated carbocycles. The summed E-state index contributed by atoms with van der Waals surface area (Å²) < 4.78 is 5.28. The summed E-state index contributed by atoms with van der Waals surface area (Å²) in [5.41, 5.74) is 1.86. The molecule has 2 aromatic heterocycles. The Bertz CT molecular complexity index is 714. The zero-order valence-electron chi connectivity index (χ0n) is 13.7. The van der Waals surface area contributed by atoms with Crippen LogP contribution in [0.2, 0.25) is 0 Å². The van der Waals surface area contributed by atoms with Gasteiger partial charge in [0, 0.05) is 36.9 Å². The third kappa shape index (κ3) is 3.67. The average Bonchev–Trinajstić information content (AvgIpc) is 2.61. The van der Waals surface area contributed by atoms with Gasteiger partial charge in [-0.25, -0.2) is 14.8 Å². The van der Waals surface area contributed by atoms with Gasteiger partial charge < -0.3 is 20.1 Å². The number of fused-ring (bicyclic) bond motifs is 1. The Balaban J connectivity index is 1.68. The van der Waals surface area contributed by atoms with Gasteiger partial charge in [-0.1, -0.05) is 0 Å². The molecule has 3 heterocycles. The van der Waals surface area contributed by atoms with Crippen molar-refractivity contribution in [1.82, 2.24) is 15.3 Å². The van der Waals surface area contributed by atoms with Gasteiger partial charge in [-0.3, -0.25) is 0 Å². The molecule has 2 aromatic rings. The Kier molecular flexibility index (Phi) is 4.98. The minimum Gasteiger partial charge on any atom is -0.495 e. The summed E-state index contributed by atoms with van der Waals surface area (Å²) >= 11 is 0. The zero-order chi connectivity index (χ0) is 16.9. The van der Waals surface area contributed by atoms with E-state index in [2.05, 4.69) is 20.2 Å². The number of amides is 1. The molecule has 0 spiro atoms. The highest BCUT2D eigenvalue weighted by Gasteiger charge is 2.21. The molecule has 128 valence electrons. The second kappa shape index (κ2) is 7.33. The molecule has 24 heavy (non-hydrogen) atoms. The van der Waals surface area contributed by atoms with Crippen molar-refractivity contribution in [3.63, 3.8) is 0 Å². The van der Waals surface area contributed by atoms with Crippen LogP contribution >= 0.6 is 0 Å². The van der Waals surface area contributed by atoms with Crippen molar-refractivity contribution in [2.75, 3.05) is 31.6 Å². The number of nitrogens with one attached hydrogen (secondary N) is 1. The predicted molar refractivity (Wildman–Crippen MR) is 91.7 cm³/mol. The molecular formula is C17H22N4O3. The summed E-state index contributed by atoms with van der Waals surface area (Å²) in [6.07, 6.45) is 5.54. The minimum absolute atomic E-state index is 0.527. The van der Waals surface area contributed by atoms with Gasteiger partial charge in [0.05, 0.1) is 13.3 Å². The molecule has 0 unspecified atom stereocenters. The quantitative estimate of drug-likeness (QED) is 0.876. The number of aromatic nitrogens is 2. The van der Waals surface area contributed by atoms with Crippen molar-refractivity contribution >= 4 is 22.8 Å². The molecule has 7 heteroatoms. The van der Waals surface area contributed by atoms with E-state index in [4.69, 9.17) is 9.84 Å². The van der Waals surface area contributed by atoms with Crippen molar-refractivity contribution in [2.24, 2.45) is 5.92 Å². The van der Waals surface area contributed by atoms with Crippen LogP contribution in [0.5, 0.6) is 5.75 Å². The molecule has 1 fully saturated rings. The molecule has 2 N–H and O–H groups in total. The van der Waals surface area contributed by atoms with Crippen LogP contribution in [0.3, 0.4) is 0 Å². The fourth-order valence-electron chi connectivity index (χ4n) is 3.23. The van der Waals surface area contributed by atoms with Gasteiger partial charge >= 0.3 is 6.09 Å². The third-order valence-corrected chi connectivity index (χ3v) is 4.57. The largest absolute Gasteiger partial charge is 0.495 e. The Morgan fingerprint density at radius 1 is 1.42 bits per heavy atom. The minimum atomic E-state index is -0.947. The Morgan fingerprint density at radius 3 is 2.92 bits per heavy atom. The van der Waals surface area contributed by atoms with Crippen LogP contribution in [0.4, 0.5) is 10.5 Å². The number of piperidine rings is 1. The van der Waals surface area contributed by atoms with Crippen LogP contribution in [-0.2, 0) is 0 Å². The summed E-state index contributed by atoms with van der Waals surface area (Å²) in [5, 5.41) is 12.1. The van der Waals surface area contributed by atoms with Gasteiger partial charge in [-0.05, 0) is 37.3 Å². The Hall–Kier alpha value is -2.57. The predicted octanol–water partition coefficient (Wildman–Crippen LogP) is 2.51. The molecule has 0 aliphatic carbocycles. The first kappa shape index (κ1) is 16.3. The average molecular weight is 330 g/mol. The summed E-state index contributed by atoms with van der Waals surface area (Å²) in [5.74, 6) is 1.29. The van der Waals surface area contributed by atoms with Crippen LogP contribution < -0.4 is 15.0 Å². The number of hydrogen-bond acceptors (Lipinski definition) is 5. The Labute approximate surface area is 140 Å². The highest BCUT2D eigenvalue weighted by molar-refractivity contribution is 5.90. The van der Waals surface area contributed by atoms with E-state index in [1.165, 1.54) is 0 Å². The highest BCUT2D eigenvalue weighted by atomic mass is 16.5. The lowest BCUT2D eigenvalue weighted by molar-refractivity contribution is 0.193. The SMILES string of the molecule is COc1cnc2nccc(N3CCC(CCNC(=O)O)CC3)c2c1. The second-order valence-corrected chi connectivity index (χ2v) is 6.03. The lowest BCUT2D eigenvalue weighted by Gasteiger charge is -2.34. The van der Waals surface area contributed by atoms with E-state index in [-0.39, 0.29) is 0 Å².